The molecule has 1 aromatic rings. The summed E-state index contributed by atoms with van der Waals surface area (Å²) in [6.45, 7) is 6.11. The molecule has 2 rings (SSSR count). The van der Waals surface area contributed by atoms with Crippen LogP contribution in [0.3, 0.4) is 0 Å². The van der Waals surface area contributed by atoms with Gasteiger partial charge < -0.3 is 10.2 Å². The largest absolute Gasteiger partial charge is 0.349 e. The molecule has 0 aliphatic carbocycles. The number of aromatic nitrogens is 1. The van der Waals surface area contributed by atoms with E-state index in [4.69, 9.17) is 11.6 Å². The van der Waals surface area contributed by atoms with Crippen molar-refractivity contribution in [2.45, 2.75) is 19.8 Å². The average Bonchev–Trinajstić information content (AvgIpc) is 2.41. The van der Waals surface area contributed by atoms with Crippen molar-refractivity contribution >= 4 is 17.5 Å². The molecule has 1 fully saturated rings. The Morgan fingerprint density at radius 3 is 2.89 bits per heavy atom. The van der Waals surface area contributed by atoms with Crippen molar-refractivity contribution in [3.8, 4) is 0 Å². The van der Waals surface area contributed by atoms with Crippen LogP contribution < -0.4 is 5.32 Å². The zero-order valence-corrected chi connectivity index (χ0v) is 12.0. The molecule has 1 amide bonds. The predicted octanol–water partition coefficient (Wildman–Crippen LogP) is 2.20. The van der Waals surface area contributed by atoms with Crippen molar-refractivity contribution in [1.29, 1.82) is 0 Å². The van der Waals surface area contributed by atoms with Gasteiger partial charge in [-0.25, -0.2) is 4.98 Å². The number of piperidine rings is 1. The Kier molecular flexibility index (Phi) is 5.16. The molecule has 4 nitrogen and oxygen atoms in total. The van der Waals surface area contributed by atoms with E-state index in [1.807, 2.05) is 0 Å². The summed E-state index contributed by atoms with van der Waals surface area (Å²) in [5.41, 5.74) is 0.375. The van der Waals surface area contributed by atoms with Crippen LogP contribution in [0.25, 0.3) is 0 Å². The van der Waals surface area contributed by atoms with Crippen molar-refractivity contribution in [3.63, 3.8) is 0 Å². The van der Waals surface area contributed by atoms with Crippen molar-refractivity contribution in [3.05, 3.63) is 29.0 Å². The highest BCUT2D eigenvalue weighted by Crippen LogP contribution is 2.15. The Morgan fingerprint density at radius 1 is 1.47 bits per heavy atom. The van der Waals surface area contributed by atoms with Crippen LogP contribution in [-0.2, 0) is 0 Å². The molecule has 104 valence electrons. The first-order valence-corrected chi connectivity index (χ1v) is 7.16. The number of hydrogen-bond acceptors (Lipinski definition) is 3. The first-order chi connectivity index (χ1) is 9.15. The number of nitrogens with zero attached hydrogens (tertiary/aromatic N) is 2. The van der Waals surface area contributed by atoms with E-state index in [0.717, 1.165) is 25.6 Å². The summed E-state index contributed by atoms with van der Waals surface area (Å²) >= 11 is 5.76. The van der Waals surface area contributed by atoms with Crippen molar-refractivity contribution in [2.24, 2.45) is 5.92 Å². The summed E-state index contributed by atoms with van der Waals surface area (Å²) in [6, 6.07) is 5.06. The third-order valence-electron chi connectivity index (χ3n) is 3.54. The molecule has 0 saturated carbocycles. The summed E-state index contributed by atoms with van der Waals surface area (Å²) in [7, 11) is 0. The number of halogens is 1. The maximum atomic E-state index is 11.8. The molecule has 1 N–H and O–H groups in total. The number of amides is 1. The fourth-order valence-electron chi connectivity index (χ4n) is 2.24. The van der Waals surface area contributed by atoms with Gasteiger partial charge >= 0.3 is 0 Å². The van der Waals surface area contributed by atoms with Gasteiger partial charge in [0.25, 0.3) is 5.91 Å². The molecule has 2 heterocycles. The fourth-order valence-corrected chi connectivity index (χ4v) is 2.40. The monoisotopic (exact) mass is 281 g/mol. The summed E-state index contributed by atoms with van der Waals surface area (Å²) in [5, 5.41) is 3.23. The van der Waals surface area contributed by atoms with Crippen LogP contribution in [0.4, 0.5) is 0 Å². The standard InChI is InChI=1S/C14H20ClN3O/c1-11-5-8-18(9-6-11)10-7-16-14(19)12-3-2-4-13(15)17-12/h2-4,11H,5-10H2,1H3,(H,16,19). The molecule has 0 unspecified atom stereocenters. The van der Waals surface area contributed by atoms with Gasteiger partial charge in [-0.2, -0.15) is 0 Å². The van der Waals surface area contributed by atoms with E-state index in [1.165, 1.54) is 12.8 Å². The molecule has 5 heteroatoms. The molecule has 0 spiro atoms. The highest BCUT2D eigenvalue weighted by Gasteiger charge is 2.15. The Balaban J connectivity index is 1.72. The SMILES string of the molecule is CC1CCN(CCNC(=O)c2cccc(Cl)n2)CC1. The number of likely N-dealkylation sites (tertiary alicyclic amines) is 1. The second kappa shape index (κ2) is 6.87. The van der Waals surface area contributed by atoms with E-state index < -0.39 is 0 Å². The first kappa shape index (κ1) is 14.3. The molecule has 0 radical (unpaired) electrons. The fraction of sp³-hybridized carbons (Fsp3) is 0.571. The summed E-state index contributed by atoms with van der Waals surface area (Å²) in [5.74, 6) is 0.675. The molecule has 1 saturated heterocycles. The Labute approximate surface area is 119 Å². The van der Waals surface area contributed by atoms with Gasteiger partial charge in [-0.15, -0.1) is 0 Å². The average molecular weight is 282 g/mol. The maximum Gasteiger partial charge on any atom is 0.269 e. The molecule has 0 bridgehead atoms. The first-order valence-electron chi connectivity index (χ1n) is 6.78. The smallest absolute Gasteiger partial charge is 0.269 e. The van der Waals surface area contributed by atoms with E-state index in [9.17, 15) is 4.79 Å². The van der Waals surface area contributed by atoms with Gasteiger partial charge in [0.1, 0.15) is 10.8 Å². The van der Waals surface area contributed by atoms with Crippen LogP contribution in [-0.4, -0.2) is 42.0 Å². The minimum absolute atomic E-state index is 0.159. The Hall–Kier alpha value is -1.13. The molecular formula is C14H20ClN3O. The van der Waals surface area contributed by atoms with Crippen LogP contribution in [0.5, 0.6) is 0 Å². The van der Waals surface area contributed by atoms with Crippen LogP contribution >= 0.6 is 11.6 Å². The number of carbonyl (C=O) groups excluding carboxylic acids is 1. The molecule has 1 aliphatic heterocycles. The molecule has 0 aromatic carbocycles. The van der Waals surface area contributed by atoms with Crippen LogP contribution in [0.15, 0.2) is 18.2 Å². The number of pyridine rings is 1. The number of hydrogen-bond donors (Lipinski definition) is 1. The predicted molar refractivity (Wildman–Crippen MR) is 76.4 cm³/mol. The lowest BCUT2D eigenvalue weighted by Gasteiger charge is -2.30. The van der Waals surface area contributed by atoms with Gasteiger partial charge in [0.15, 0.2) is 0 Å². The molecule has 0 atom stereocenters. The van der Waals surface area contributed by atoms with Gasteiger partial charge in [-0.05, 0) is 44.0 Å². The maximum absolute atomic E-state index is 11.8. The number of nitrogens with one attached hydrogen (secondary N) is 1. The highest BCUT2D eigenvalue weighted by molar-refractivity contribution is 6.29. The summed E-state index contributed by atoms with van der Waals surface area (Å²) in [4.78, 5) is 18.2. The topological polar surface area (TPSA) is 45.2 Å². The molecule has 19 heavy (non-hydrogen) atoms. The minimum atomic E-state index is -0.159. The van der Waals surface area contributed by atoms with Crippen molar-refractivity contribution in [1.82, 2.24) is 15.2 Å². The van der Waals surface area contributed by atoms with Gasteiger partial charge in [0.2, 0.25) is 0 Å². The lowest BCUT2D eigenvalue weighted by atomic mass is 9.99. The van der Waals surface area contributed by atoms with Crippen molar-refractivity contribution < 1.29 is 4.79 Å². The second-order valence-corrected chi connectivity index (χ2v) is 5.51. The van der Waals surface area contributed by atoms with E-state index >= 15 is 0 Å². The number of rotatable bonds is 4. The van der Waals surface area contributed by atoms with E-state index in [0.29, 0.717) is 17.4 Å². The molecule has 1 aliphatic rings. The molecule has 1 aromatic heterocycles. The van der Waals surface area contributed by atoms with E-state index in [2.05, 4.69) is 22.1 Å². The van der Waals surface area contributed by atoms with Crippen molar-refractivity contribution in [2.75, 3.05) is 26.2 Å². The minimum Gasteiger partial charge on any atom is -0.349 e. The van der Waals surface area contributed by atoms with Gasteiger partial charge in [-0.1, -0.05) is 24.6 Å². The van der Waals surface area contributed by atoms with Gasteiger partial charge in [0.05, 0.1) is 0 Å². The Morgan fingerprint density at radius 2 is 2.21 bits per heavy atom. The third kappa shape index (κ3) is 4.48. The van der Waals surface area contributed by atoms with E-state index in [-0.39, 0.29) is 5.91 Å². The van der Waals surface area contributed by atoms with Crippen LogP contribution in [0.1, 0.15) is 30.3 Å². The van der Waals surface area contributed by atoms with Crippen LogP contribution in [0.2, 0.25) is 5.15 Å². The van der Waals surface area contributed by atoms with Gasteiger partial charge in [0, 0.05) is 13.1 Å². The third-order valence-corrected chi connectivity index (χ3v) is 3.75. The lowest BCUT2D eigenvalue weighted by Crippen LogP contribution is -2.39. The highest BCUT2D eigenvalue weighted by atomic mass is 35.5. The summed E-state index contributed by atoms with van der Waals surface area (Å²) in [6.07, 6.45) is 2.51. The zero-order valence-electron chi connectivity index (χ0n) is 11.2. The summed E-state index contributed by atoms with van der Waals surface area (Å²) < 4.78 is 0. The number of carbonyl (C=O) groups is 1. The van der Waals surface area contributed by atoms with Gasteiger partial charge in [-0.3, -0.25) is 4.79 Å². The normalized spacial score (nSPS) is 17.4. The lowest BCUT2D eigenvalue weighted by molar-refractivity contribution is 0.0939. The van der Waals surface area contributed by atoms with E-state index in [1.54, 1.807) is 18.2 Å². The molecular weight excluding hydrogens is 262 g/mol. The zero-order chi connectivity index (χ0) is 13.7. The quantitative estimate of drug-likeness (QED) is 0.861. The van der Waals surface area contributed by atoms with Crippen LogP contribution in [0, 0.1) is 5.92 Å². The Bertz CT molecular complexity index is 430. The second-order valence-electron chi connectivity index (χ2n) is 5.13.